The highest BCUT2D eigenvalue weighted by atomic mass is 79.9. The lowest BCUT2D eigenvalue weighted by Gasteiger charge is -2.10. The Labute approximate surface area is 95.9 Å². The zero-order valence-corrected chi connectivity index (χ0v) is 9.75. The summed E-state index contributed by atoms with van der Waals surface area (Å²) >= 11 is 3.24. The molecular formula is C11H10BrFO2. The predicted octanol–water partition coefficient (Wildman–Crippen LogP) is 3.60. The smallest absolute Gasteiger partial charge is 0.153 e. The summed E-state index contributed by atoms with van der Waals surface area (Å²) < 4.78 is 18.1. The molecule has 0 saturated heterocycles. The van der Waals surface area contributed by atoms with Gasteiger partial charge in [-0.2, -0.15) is 0 Å². The monoisotopic (exact) mass is 272 g/mol. The van der Waals surface area contributed by atoms with Crippen molar-refractivity contribution in [2.45, 2.75) is 6.92 Å². The Morgan fingerprint density at radius 2 is 2.13 bits per heavy atom. The van der Waals surface area contributed by atoms with E-state index in [1.807, 2.05) is 0 Å². The molecule has 0 aromatic heterocycles. The van der Waals surface area contributed by atoms with Gasteiger partial charge in [0.1, 0.15) is 5.75 Å². The van der Waals surface area contributed by atoms with Crippen LogP contribution >= 0.6 is 15.9 Å². The molecule has 0 bridgehead atoms. The van der Waals surface area contributed by atoms with E-state index in [9.17, 15) is 9.18 Å². The third-order valence-corrected chi connectivity index (χ3v) is 2.23. The van der Waals surface area contributed by atoms with Gasteiger partial charge in [-0.25, -0.2) is 4.39 Å². The lowest BCUT2D eigenvalue weighted by Crippen LogP contribution is -1.98. The number of hydrogen-bond acceptors (Lipinski definition) is 2. The fourth-order valence-electron chi connectivity index (χ4n) is 1.23. The molecule has 1 aromatic carbocycles. The summed E-state index contributed by atoms with van der Waals surface area (Å²) in [6, 6.07) is 3.32. The van der Waals surface area contributed by atoms with Crippen molar-refractivity contribution in [3.05, 3.63) is 34.1 Å². The summed E-state index contributed by atoms with van der Waals surface area (Å²) in [7, 11) is 0. The Hall–Kier alpha value is -1.16. The number of carbonyl (C=O) groups excluding carboxylic acids is 1. The van der Waals surface area contributed by atoms with Crippen molar-refractivity contribution in [1.82, 2.24) is 0 Å². The first-order valence-corrected chi connectivity index (χ1v) is 5.20. The molecule has 2 nitrogen and oxygen atoms in total. The first kappa shape index (κ1) is 11.9. The second kappa shape index (κ2) is 5.66. The summed E-state index contributed by atoms with van der Waals surface area (Å²) in [4.78, 5) is 10.8. The summed E-state index contributed by atoms with van der Waals surface area (Å²) in [5.41, 5.74) is 0.940. The van der Waals surface area contributed by atoms with Gasteiger partial charge in [0.15, 0.2) is 6.29 Å². The lowest BCUT2D eigenvalue weighted by molar-refractivity contribution is 0.111. The zero-order chi connectivity index (χ0) is 11.3. The van der Waals surface area contributed by atoms with E-state index in [4.69, 9.17) is 4.74 Å². The molecule has 1 aromatic rings. The van der Waals surface area contributed by atoms with E-state index in [2.05, 4.69) is 15.9 Å². The van der Waals surface area contributed by atoms with E-state index >= 15 is 0 Å². The van der Waals surface area contributed by atoms with Crippen LogP contribution in [0.5, 0.6) is 5.75 Å². The number of benzene rings is 1. The van der Waals surface area contributed by atoms with Crippen LogP contribution in [0.15, 0.2) is 22.9 Å². The zero-order valence-electron chi connectivity index (χ0n) is 8.17. The minimum atomic E-state index is 0.402. The van der Waals surface area contributed by atoms with Gasteiger partial charge in [-0.3, -0.25) is 4.79 Å². The van der Waals surface area contributed by atoms with Crippen LogP contribution in [0.1, 0.15) is 22.8 Å². The van der Waals surface area contributed by atoms with Crippen molar-refractivity contribution in [2.24, 2.45) is 0 Å². The molecular weight excluding hydrogens is 263 g/mol. The number of ether oxygens (including phenoxy) is 1. The van der Waals surface area contributed by atoms with Crippen LogP contribution in [0.3, 0.4) is 0 Å². The quantitative estimate of drug-likeness (QED) is 0.783. The molecule has 0 aliphatic carbocycles. The molecule has 0 fully saturated rings. The van der Waals surface area contributed by atoms with Crippen molar-refractivity contribution < 1.29 is 13.9 Å². The van der Waals surface area contributed by atoms with E-state index in [1.54, 1.807) is 19.1 Å². The highest BCUT2D eigenvalue weighted by Crippen LogP contribution is 2.28. The number of halogens is 2. The van der Waals surface area contributed by atoms with Gasteiger partial charge in [-0.15, -0.1) is 0 Å². The van der Waals surface area contributed by atoms with Crippen LogP contribution < -0.4 is 4.74 Å². The van der Waals surface area contributed by atoms with E-state index in [0.717, 1.165) is 0 Å². The molecule has 4 heteroatoms. The summed E-state index contributed by atoms with van der Waals surface area (Å²) in [5.74, 6) is 0.407. The van der Waals surface area contributed by atoms with Crippen molar-refractivity contribution >= 4 is 28.3 Å². The van der Waals surface area contributed by atoms with Gasteiger partial charge in [-0.1, -0.05) is 15.9 Å². The van der Waals surface area contributed by atoms with E-state index < -0.39 is 0 Å². The minimum absolute atomic E-state index is 0.402. The number of carbonyl (C=O) groups is 1. The Bertz CT molecular complexity index is 388. The van der Waals surface area contributed by atoms with Gasteiger partial charge >= 0.3 is 0 Å². The van der Waals surface area contributed by atoms with Crippen LogP contribution in [0.4, 0.5) is 4.39 Å². The average Bonchev–Trinajstić information content (AvgIpc) is 2.22. The second-order valence-electron chi connectivity index (χ2n) is 2.76. The Kier molecular flexibility index (Phi) is 4.49. The third kappa shape index (κ3) is 2.89. The second-order valence-corrected chi connectivity index (χ2v) is 3.67. The van der Waals surface area contributed by atoms with Gasteiger partial charge < -0.3 is 4.74 Å². The molecule has 0 spiro atoms. The average molecular weight is 273 g/mol. The van der Waals surface area contributed by atoms with Gasteiger partial charge in [-0.05, 0) is 25.1 Å². The largest absolute Gasteiger partial charge is 0.492 e. The molecule has 0 aliphatic rings. The van der Waals surface area contributed by atoms with Gasteiger partial charge in [0, 0.05) is 10.0 Å². The molecule has 80 valence electrons. The molecule has 0 unspecified atom stereocenters. The number of rotatable bonds is 4. The fraction of sp³-hybridized carbons (Fsp3) is 0.182. The molecule has 0 heterocycles. The molecule has 0 N–H and O–H groups in total. The molecule has 15 heavy (non-hydrogen) atoms. The van der Waals surface area contributed by atoms with Crippen molar-refractivity contribution in [3.8, 4) is 5.75 Å². The Morgan fingerprint density at radius 1 is 1.47 bits per heavy atom. The van der Waals surface area contributed by atoms with Crippen LogP contribution in [-0.2, 0) is 0 Å². The van der Waals surface area contributed by atoms with Gasteiger partial charge in [0.05, 0.1) is 18.5 Å². The normalized spacial score (nSPS) is 10.6. The van der Waals surface area contributed by atoms with E-state index in [-0.39, 0.29) is 0 Å². The molecule has 0 saturated carbocycles. The SMILES string of the molecule is CCOc1c(C=O)cc(Br)cc1C=CF. The van der Waals surface area contributed by atoms with Crippen molar-refractivity contribution in [2.75, 3.05) is 6.61 Å². The number of hydrogen-bond donors (Lipinski definition) is 0. The maximum Gasteiger partial charge on any atom is 0.153 e. The maximum atomic E-state index is 12.1. The molecule has 0 aliphatic heterocycles. The van der Waals surface area contributed by atoms with Gasteiger partial charge in [0.2, 0.25) is 0 Å². The summed E-state index contributed by atoms with van der Waals surface area (Å²) in [6.07, 6.45) is 2.35. The fourth-order valence-corrected chi connectivity index (χ4v) is 1.72. The van der Waals surface area contributed by atoms with Crippen LogP contribution in [-0.4, -0.2) is 12.9 Å². The van der Waals surface area contributed by atoms with Crippen molar-refractivity contribution in [1.29, 1.82) is 0 Å². The molecule has 0 atom stereocenters. The van der Waals surface area contributed by atoms with Crippen LogP contribution in [0.2, 0.25) is 0 Å². The standard InChI is InChI=1S/C11H10BrFO2/c1-2-15-11-8(3-4-13)5-10(12)6-9(11)7-14/h3-7H,2H2,1H3. The predicted molar refractivity (Wildman–Crippen MR) is 60.8 cm³/mol. The first-order valence-electron chi connectivity index (χ1n) is 4.41. The van der Waals surface area contributed by atoms with E-state index in [1.165, 1.54) is 6.08 Å². The lowest BCUT2D eigenvalue weighted by atomic mass is 10.1. The summed E-state index contributed by atoms with van der Waals surface area (Å²) in [5, 5.41) is 0. The first-order chi connectivity index (χ1) is 7.22. The highest BCUT2D eigenvalue weighted by molar-refractivity contribution is 9.10. The minimum Gasteiger partial charge on any atom is -0.492 e. The Balaban J connectivity index is 3.32. The van der Waals surface area contributed by atoms with Crippen LogP contribution in [0, 0.1) is 0 Å². The molecule has 1 rings (SSSR count). The van der Waals surface area contributed by atoms with Crippen molar-refractivity contribution in [3.63, 3.8) is 0 Å². The topological polar surface area (TPSA) is 26.3 Å². The Morgan fingerprint density at radius 3 is 2.67 bits per heavy atom. The maximum absolute atomic E-state index is 12.1. The summed E-state index contributed by atoms with van der Waals surface area (Å²) in [6.45, 7) is 2.23. The molecule has 0 amide bonds. The van der Waals surface area contributed by atoms with Crippen LogP contribution in [0.25, 0.3) is 6.08 Å². The highest BCUT2D eigenvalue weighted by Gasteiger charge is 2.09. The van der Waals surface area contributed by atoms with E-state index in [0.29, 0.717) is 40.6 Å². The molecule has 0 radical (unpaired) electrons. The number of aldehydes is 1. The van der Waals surface area contributed by atoms with Gasteiger partial charge in [0.25, 0.3) is 0 Å². The third-order valence-electron chi connectivity index (χ3n) is 1.77.